The van der Waals surface area contributed by atoms with Gasteiger partial charge in [0.15, 0.2) is 0 Å². The highest BCUT2D eigenvalue weighted by atomic mass is 33.1. The molecule has 2 N–H and O–H groups in total. The van der Waals surface area contributed by atoms with Gasteiger partial charge >= 0.3 is 0 Å². The molecule has 0 spiro atoms. The fraction of sp³-hybridized carbons (Fsp3) is 1.00. The third-order valence-electron chi connectivity index (χ3n) is 0.799. The molecule has 0 aromatic rings. The lowest BCUT2D eigenvalue weighted by Gasteiger charge is -2.06. The van der Waals surface area contributed by atoms with Gasteiger partial charge in [-0.2, -0.15) is 0 Å². The van der Waals surface area contributed by atoms with E-state index in [1.807, 2.05) is 6.92 Å². The fourth-order valence-electron chi connectivity index (χ4n) is 0.284. The Morgan fingerprint density at radius 2 is 2.00 bits per heavy atom. The quantitative estimate of drug-likeness (QED) is 0.625. The van der Waals surface area contributed by atoms with Gasteiger partial charge < -0.3 is 10.2 Å². The molecule has 0 bridgehead atoms. The summed E-state index contributed by atoms with van der Waals surface area (Å²) >= 11 is 0. The zero-order chi connectivity index (χ0) is 7.98. The van der Waals surface area contributed by atoms with Crippen LogP contribution in [-0.2, 0) is 0 Å². The van der Waals surface area contributed by atoms with Gasteiger partial charge in [-0.05, 0) is 6.92 Å². The summed E-state index contributed by atoms with van der Waals surface area (Å²) in [6.45, 7) is 3.92. The molecule has 4 heteroatoms. The van der Waals surface area contributed by atoms with Crippen molar-refractivity contribution < 1.29 is 10.2 Å². The van der Waals surface area contributed by atoms with Crippen molar-refractivity contribution in [2.45, 2.75) is 25.2 Å². The Kier molecular flexibility index (Phi) is 6.73. The van der Waals surface area contributed by atoms with Crippen molar-refractivity contribution in [2.75, 3.05) is 12.4 Å². The van der Waals surface area contributed by atoms with E-state index >= 15 is 0 Å². The molecule has 0 saturated carbocycles. The van der Waals surface area contributed by atoms with Crippen molar-refractivity contribution in [1.82, 2.24) is 0 Å². The first-order chi connectivity index (χ1) is 4.66. The van der Waals surface area contributed by atoms with Crippen molar-refractivity contribution in [3.8, 4) is 0 Å². The molecule has 0 aliphatic rings. The Balaban J connectivity index is 3.03. The maximum Gasteiger partial charge on any atom is 0.0610 e. The zero-order valence-electron chi connectivity index (χ0n) is 6.28. The summed E-state index contributed by atoms with van der Waals surface area (Å²) in [4.78, 5) is 0. The summed E-state index contributed by atoms with van der Waals surface area (Å²) in [7, 11) is 3.21. The number of aliphatic hydroxyl groups is 2. The van der Waals surface area contributed by atoms with Crippen LogP contribution in [-0.4, -0.2) is 33.9 Å². The van der Waals surface area contributed by atoms with E-state index in [9.17, 15) is 0 Å². The molecule has 62 valence electrons. The third kappa shape index (κ3) is 6.74. The fourth-order valence-corrected chi connectivity index (χ4v) is 2.56. The Hall–Kier alpha value is 0.620. The second-order valence-electron chi connectivity index (χ2n) is 2.22. The van der Waals surface area contributed by atoms with Crippen molar-refractivity contribution >= 4 is 21.6 Å². The molecule has 0 aromatic carbocycles. The molecule has 0 fully saturated rings. The van der Waals surface area contributed by atoms with E-state index in [-0.39, 0.29) is 18.0 Å². The first-order valence-electron chi connectivity index (χ1n) is 3.24. The van der Waals surface area contributed by atoms with Gasteiger partial charge in [0.1, 0.15) is 0 Å². The van der Waals surface area contributed by atoms with E-state index < -0.39 is 0 Å². The van der Waals surface area contributed by atoms with Gasteiger partial charge in [0, 0.05) is 11.0 Å². The van der Waals surface area contributed by atoms with Crippen LogP contribution in [0.2, 0.25) is 0 Å². The summed E-state index contributed by atoms with van der Waals surface area (Å²) in [5, 5.41) is 17.7. The monoisotopic (exact) mass is 182 g/mol. The van der Waals surface area contributed by atoms with Crippen molar-refractivity contribution in [3.63, 3.8) is 0 Å². The topological polar surface area (TPSA) is 40.5 Å². The molecule has 2 unspecified atom stereocenters. The Bertz CT molecular complexity index is 78.1. The second kappa shape index (κ2) is 6.34. The molecular formula is C6H14O2S2. The Morgan fingerprint density at radius 1 is 1.40 bits per heavy atom. The molecule has 0 rings (SSSR count). The number of hydrogen-bond acceptors (Lipinski definition) is 4. The first kappa shape index (κ1) is 10.6. The summed E-state index contributed by atoms with van der Waals surface area (Å²) < 4.78 is 0. The van der Waals surface area contributed by atoms with Gasteiger partial charge in [-0.3, -0.25) is 0 Å². The Morgan fingerprint density at radius 3 is 2.40 bits per heavy atom. The summed E-state index contributed by atoms with van der Waals surface area (Å²) in [6, 6.07) is 0. The molecule has 0 amide bonds. The third-order valence-corrected chi connectivity index (χ3v) is 3.83. The smallest absolute Gasteiger partial charge is 0.0610 e. The molecule has 0 saturated heterocycles. The molecule has 2 nitrogen and oxygen atoms in total. The maximum absolute atomic E-state index is 8.84. The van der Waals surface area contributed by atoms with E-state index in [1.165, 1.54) is 0 Å². The van der Waals surface area contributed by atoms with Gasteiger partial charge in [0.25, 0.3) is 0 Å². The lowest BCUT2D eigenvalue weighted by molar-refractivity contribution is 0.221. The van der Waals surface area contributed by atoms with E-state index in [4.69, 9.17) is 10.2 Å². The van der Waals surface area contributed by atoms with Crippen LogP contribution in [0.4, 0.5) is 0 Å². The van der Waals surface area contributed by atoms with Crippen LogP contribution in [0.1, 0.15) is 13.8 Å². The number of aliphatic hydroxyl groups excluding tert-OH is 2. The van der Waals surface area contributed by atoms with Crippen LogP contribution in [0.3, 0.4) is 0 Å². The minimum Gasteiger partial charge on any atom is -0.395 e. The molecule has 0 aromatic heterocycles. The molecule has 0 aliphatic heterocycles. The highest BCUT2D eigenvalue weighted by molar-refractivity contribution is 8.76. The predicted octanol–water partition coefficient (Wildman–Crippen LogP) is 1.13. The summed E-state index contributed by atoms with van der Waals surface area (Å²) in [5.74, 6) is 0.731. The van der Waals surface area contributed by atoms with Gasteiger partial charge in [0.2, 0.25) is 0 Å². The lowest BCUT2D eigenvalue weighted by atomic mass is 10.5. The van der Waals surface area contributed by atoms with Crippen LogP contribution in [0, 0.1) is 0 Å². The molecular weight excluding hydrogens is 168 g/mol. The van der Waals surface area contributed by atoms with E-state index in [0.717, 1.165) is 5.75 Å². The zero-order valence-corrected chi connectivity index (χ0v) is 7.91. The van der Waals surface area contributed by atoms with E-state index in [0.29, 0.717) is 0 Å². The summed E-state index contributed by atoms with van der Waals surface area (Å²) in [5.41, 5.74) is 0. The summed E-state index contributed by atoms with van der Waals surface area (Å²) in [6.07, 6.45) is -0.247. The average Bonchev–Trinajstić information content (AvgIpc) is 1.87. The van der Waals surface area contributed by atoms with Crippen LogP contribution in [0.5, 0.6) is 0 Å². The van der Waals surface area contributed by atoms with Gasteiger partial charge in [-0.1, -0.05) is 28.5 Å². The second-order valence-corrected chi connectivity index (χ2v) is 5.07. The van der Waals surface area contributed by atoms with Crippen LogP contribution in [0.25, 0.3) is 0 Å². The van der Waals surface area contributed by atoms with Crippen LogP contribution < -0.4 is 0 Å². The molecule has 2 atom stereocenters. The van der Waals surface area contributed by atoms with E-state index in [1.54, 1.807) is 28.5 Å². The first-order valence-corrected chi connectivity index (χ1v) is 5.62. The van der Waals surface area contributed by atoms with E-state index in [2.05, 4.69) is 0 Å². The van der Waals surface area contributed by atoms with Crippen molar-refractivity contribution in [1.29, 1.82) is 0 Å². The van der Waals surface area contributed by atoms with Crippen molar-refractivity contribution in [3.05, 3.63) is 0 Å². The Labute approximate surface area is 69.8 Å². The highest BCUT2D eigenvalue weighted by Gasteiger charge is 2.01. The predicted molar refractivity (Wildman–Crippen MR) is 48.3 cm³/mol. The molecule has 0 aliphatic carbocycles. The SMILES string of the molecule is CC(O)CSSC(C)CO. The lowest BCUT2D eigenvalue weighted by Crippen LogP contribution is -2.04. The minimum atomic E-state index is -0.247. The standard InChI is InChI=1S/C6H14O2S2/c1-5(8)4-9-10-6(2)3-7/h5-8H,3-4H2,1-2H3. The highest BCUT2D eigenvalue weighted by Crippen LogP contribution is 2.26. The van der Waals surface area contributed by atoms with Crippen LogP contribution >= 0.6 is 21.6 Å². The van der Waals surface area contributed by atoms with Gasteiger partial charge in [-0.15, -0.1) is 0 Å². The maximum atomic E-state index is 8.84. The normalized spacial score (nSPS) is 16.8. The molecule has 10 heavy (non-hydrogen) atoms. The van der Waals surface area contributed by atoms with Crippen molar-refractivity contribution in [2.24, 2.45) is 0 Å². The van der Waals surface area contributed by atoms with Crippen LogP contribution in [0.15, 0.2) is 0 Å². The van der Waals surface area contributed by atoms with Gasteiger partial charge in [0.05, 0.1) is 12.7 Å². The number of rotatable bonds is 5. The average molecular weight is 182 g/mol. The minimum absolute atomic E-state index is 0.206. The van der Waals surface area contributed by atoms with Gasteiger partial charge in [-0.25, -0.2) is 0 Å². The molecule has 0 radical (unpaired) electrons. The molecule has 0 heterocycles. The number of hydrogen-bond donors (Lipinski definition) is 2. The largest absolute Gasteiger partial charge is 0.395 e.